The van der Waals surface area contributed by atoms with Gasteiger partial charge in [-0.25, -0.2) is 9.67 Å². The Balaban J connectivity index is 1.58. The molecule has 0 aliphatic carbocycles. The van der Waals surface area contributed by atoms with Crippen LogP contribution in [-0.4, -0.2) is 49.7 Å². The number of hydrogen-bond acceptors (Lipinski definition) is 5. The summed E-state index contributed by atoms with van der Waals surface area (Å²) in [5.41, 5.74) is 0.781. The molecule has 0 bridgehead atoms. The Hall–Kier alpha value is -2.28. The summed E-state index contributed by atoms with van der Waals surface area (Å²) in [4.78, 5) is 22.7. The summed E-state index contributed by atoms with van der Waals surface area (Å²) < 4.78 is 1.94. The fourth-order valence-electron chi connectivity index (χ4n) is 3.06. The molecule has 0 radical (unpaired) electrons. The number of nitrogens with zero attached hydrogens (tertiary/aromatic N) is 5. The number of carbonyl (C=O) groups excluding carboxylic acids is 1. The molecule has 0 aromatic carbocycles. The van der Waals surface area contributed by atoms with Gasteiger partial charge in [0.1, 0.15) is 11.6 Å². The molecule has 23 heavy (non-hydrogen) atoms. The van der Waals surface area contributed by atoms with Gasteiger partial charge >= 0.3 is 0 Å². The van der Waals surface area contributed by atoms with Crippen LogP contribution in [0.25, 0.3) is 0 Å². The molecule has 2 aromatic rings. The molecule has 2 aromatic heterocycles. The Morgan fingerprint density at radius 2 is 2.13 bits per heavy atom. The zero-order chi connectivity index (χ0) is 16.2. The zero-order valence-corrected chi connectivity index (χ0v) is 13.6. The standard InChI is InChI=1S/C16H22N6O/c1-12-18-13(2)22(20-12)10-15-4-3-9-21(15)11-16(23)19-14-5-7-17-8-6-14/h5-8,15H,3-4,9-11H2,1-2H3,(H,17,19,23)/t15-/m0/s1. The van der Waals surface area contributed by atoms with E-state index in [1.807, 2.05) is 18.5 Å². The molecule has 7 heteroatoms. The van der Waals surface area contributed by atoms with E-state index in [9.17, 15) is 4.79 Å². The van der Waals surface area contributed by atoms with Crippen molar-refractivity contribution >= 4 is 11.6 Å². The third-order valence-electron chi connectivity index (χ3n) is 4.16. The Bertz CT molecular complexity index is 668. The third-order valence-corrected chi connectivity index (χ3v) is 4.16. The highest BCUT2D eigenvalue weighted by atomic mass is 16.2. The number of hydrogen-bond donors (Lipinski definition) is 1. The van der Waals surface area contributed by atoms with Crippen molar-refractivity contribution < 1.29 is 4.79 Å². The lowest BCUT2D eigenvalue weighted by Gasteiger charge is -2.24. The average molecular weight is 314 g/mol. The summed E-state index contributed by atoms with van der Waals surface area (Å²) in [7, 11) is 0. The second-order valence-electron chi connectivity index (χ2n) is 5.94. The van der Waals surface area contributed by atoms with Gasteiger partial charge in [-0.3, -0.25) is 14.7 Å². The summed E-state index contributed by atoms with van der Waals surface area (Å²) >= 11 is 0. The van der Waals surface area contributed by atoms with Gasteiger partial charge in [0.05, 0.1) is 13.1 Å². The lowest BCUT2D eigenvalue weighted by molar-refractivity contribution is -0.117. The molecule has 1 aliphatic rings. The van der Waals surface area contributed by atoms with Crippen molar-refractivity contribution in [2.24, 2.45) is 0 Å². The van der Waals surface area contributed by atoms with Crippen LogP contribution in [0.1, 0.15) is 24.5 Å². The summed E-state index contributed by atoms with van der Waals surface area (Å²) in [5.74, 6) is 1.73. The second kappa shape index (κ2) is 6.87. The molecule has 1 fully saturated rings. The SMILES string of the molecule is Cc1nc(C)n(C[C@@H]2CCCN2CC(=O)Nc2ccncc2)n1. The molecule has 3 heterocycles. The van der Waals surface area contributed by atoms with Crippen molar-refractivity contribution in [3.05, 3.63) is 36.2 Å². The number of nitrogens with one attached hydrogen (secondary N) is 1. The molecule has 122 valence electrons. The van der Waals surface area contributed by atoms with Crippen LogP contribution < -0.4 is 5.32 Å². The first-order valence-electron chi connectivity index (χ1n) is 7.94. The summed E-state index contributed by atoms with van der Waals surface area (Å²) in [6, 6.07) is 3.92. The highest BCUT2D eigenvalue weighted by molar-refractivity contribution is 5.92. The van der Waals surface area contributed by atoms with Crippen molar-refractivity contribution in [1.82, 2.24) is 24.6 Å². The van der Waals surface area contributed by atoms with Crippen LogP contribution in [0.3, 0.4) is 0 Å². The lowest BCUT2D eigenvalue weighted by Crippen LogP contribution is -2.39. The molecular weight excluding hydrogens is 292 g/mol. The molecular formula is C16H22N6O. The van der Waals surface area contributed by atoms with E-state index in [2.05, 4.69) is 25.3 Å². The van der Waals surface area contributed by atoms with Crippen molar-refractivity contribution in [3.63, 3.8) is 0 Å². The Labute approximate surface area is 135 Å². The van der Waals surface area contributed by atoms with E-state index in [1.54, 1.807) is 24.5 Å². The van der Waals surface area contributed by atoms with Crippen LogP contribution in [-0.2, 0) is 11.3 Å². The first-order chi connectivity index (χ1) is 11.1. The normalized spacial score (nSPS) is 18.3. The van der Waals surface area contributed by atoms with Crippen molar-refractivity contribution in [1.29, 1.82) is 0 Å². The van der Waals surface area contributed by atoms with Gasteiger partial charge in [-0.2, -0.15) is 5.10 Å². The van der Waals surface area contributed by atoms with Gasteiger partial charge in [-0.05, 0) is 45.4 Å². The molecule has 1 saturated heterocycles. The van der Waals surface area contributed by atoms with Gasteiger partial charge in [0, 0.05) is 24.1 Å². The molecule has 1 N–H and O–H groups in total. The zero-order valence-electron chi connectivity index (χ0n) is 13.6. The molecule has 1 amide bonds. The topological polar surface area (TPSA) is 75.9 Å². The molecule has 0 spiro atoms. The van der Waals surface area contributed by atoms with Crippen LogP contribution in [0.5, 0.6) is 0 Å². The van der Waals surface area contributed by atoms with E-state index in [1.165, 1.54) is 0 Å². The van der Waals surface area contributed by atoms with E-state index < -0.39 is 0 Å². The average Bonchev–Trinajstić information content (AvgIpc) is 3.07. The molecule has 0 unspecified atom stereocenters. The maximum atomic E-state index is 12.2. The number of anilines is 1. The van der Waals surface area contributed by atoms with Crippen LogP contribution in [0.2, 0.25) is 0 Å². The Morgan fingerprint density at radius 1 is 1.35 bits per heavy atom. The second-order valence-corrected chi connectivity index (χ2v) is 5.94. The molecule has 0 saturated carbocycles. The number of pyridine rings is 1. The van der Waals surface area contributed by atoms with Gasteiger partial charge in [0.25, 0.3) is 0 Å². The Kier molecular flexibility index (Phi) is 4.66. The smallest absolute Gasteiger partial charge is 0.238 e. The molecule has 1 aliphatic heterocycles. The first-order valence-corrected chi connectivity index (χ1v) is 7.94. The van der Waals surface area contributed by atoms with E-state index in [0.29, 0.717) is 12.6 Å². The van der Waals surface area contributed by atoms with E-state index in [-0.39, 0.29) is 5.91 Å². The molecule has 1 atom stereocenters. The van der Waals surface area contributed by atoms with E-state index in [4.69, 9.17) is 0 Å². The maximum Gasteiger partial charge on any atom is 0.238 e. The van der Waals surface area contributed by atoms with Gasteiger partial charge in [-0.1, -0.05) is 0 Å². The van der Waals surface area contributed by atoms with Crippen molar-refractivity contribution in [2.45, 2.75) is 39.3 Å². The van der Waals surface area contributed by atoms with Crippen LogP contribution in [0, 0.1) is 13.8 Å². The van der Waals surface area contributed by atoms with Crippen molar-refractivity contribution in [2.75, 3.05) is 18.4 Å². The first kappa shape index (κ1) is 15.6. The molecule has 7 nitrogen and oxygen atoms in total. The van der Waals surface area contributed by atoms with Gasteiger partial charge < -0.3 is 5.32 Å². The lowest BCUT2D eigenvalue weighted by atomic mass is 10.2. The number of amides is 1. The predicted molar refractivity (Wildman–Crippen MR) is 87.0 cm³/mol. The number of likely N-dealkylation sites (tertiary alicyclic amines) is 1. The van der Waals surface area contributed by atoms with E-state index in [0.717, 1.165) is 43.3 Å². The third kappa shape index (κ3) is 3.92. The minimum Gasteiger partial charge on any atom is -0.325 e. The quantitative estimate of drug-likeness (QED) is 0.902. The van der Waals surface area contributed by atoms with Gasteiger partial charge in [-0.15, -0.1) is 0 Å². The monoisotopic (exact) mass is 314 g/mol. The molecule has 3 rings (SSSR count). The number of rotatable bonds is 5. The summed E-state index contributed by atoms with van der Waals surface area (Å²) in [6.07, 6.45) is 5.54. The predicted octanol–water partition coefficient (Wildman–Crippen LogP) is 1.39. The Morgan fingerprint density at radius 3 is 2.83 bits per heavy atom. The van der Waals surface area contributed by atoms with E-state index >= 15 is 0 Å². The number of aryl methyl sites for hydroxylation is 2. The van der Waals surface area contributed by atoms with Crippen LogP contribution in [0.4, 0.5) is 5.69 Å². The minimum absolute atomic E-state index is 0.00888. The largest absolute Gasteiger partial charge is 0.325 e. The highest BCUT2D eigenvalue weighted by Crippen LogP contribution is 2.19. The fourth-order valence-corrected chi connectivity index (χ4v) is 3.06. The highest BCUT2D eigenvalue weighted by Gasteiger charge is 2.27. The number of carbonyl (C=O) groups is 1. The maximum absolute atomic E-state index is 12.2. The van der Waals surface area contributed by atoms with Crippen LogP contribution in [0.15, 0.2) is 24.5 Å². The van der Waals surface area contributed by atoms with Gasteiger partial charge in [0.15, 0.2) is 0 Å². The minimum atomic E-state index is 0.00888. The number of aromatic nitrogens is 4. The van der Waals surface area contributed by atoms with Crippen molar-refractivity contribution in [3.8, 4) is 0 Å². The van der Waals surface area contributed by atoms with Gasteiger partial charge in [0.2, 0.25) is 5.91 Å². The summed E-state index contributed by atoms with van der Waals surface area (Å²) in [6.45, 7) is 6.00. The van der Waals surface area contributed by atoms with Crippen LogP contribution >= 0.6 is 0 Å². The fraction of sp³-hybridized carbons (Fsp3) is 0.500. The summed E-state index contributed by atoms with van der Waals surface area (Å²) in [5, 5.41) is 7.34.